The van der Waals surface area contributed by atoms with Gasteiger partial charge in [0.15, 0.2) is 0 Å². The molecule has 186 valence electrons. The fraction of sp³-hybridized carbons (Fsp3) is 0.926. The van der Waals surface area contributed by atoms with Crippen LogP contribution >= 0.6 is 11.6 Å². The second-order valence-corrected chi connectivity index (χ2v) is 12.4. The lowest BCUT2D eigenvalue weighted by molar-refractivity contribution is 0.00300. The SMILES string of the molecule is CC(C)[C@H](CN1CCC(C2CCC(Cl)CC2)C(C)(C)C1)NCCOC1CC=CC(CO)C1. The second-order valence-electron chi connectivity index (χ2n) is 11.8. The first-order valence-corrected chi connectivity index (χ1v) is 13.7. The van der Waals surface area contributed by atoms with Crippen LogP contribution in [0.5, 0.6) is 0 Å². The van der Waals surface area contributed by atoms with Gasteiger partial charge in [-0.1, -0.05) is 39.8 Å². The Hall–Kier alpha value is -0.130. The minimum Gasteiger partial charge on any atom is -0.396 e. The molecule has 1 saturated heterocycles. The van der Waals surface area contributed by atoms with Gasteiger partial charge in [-0.2, -0.15) is 0 Å². The van der Waals surface area contributed by atoms with E-state index < -0.39 is 0 Å². The highest BCUT2D eigenvalue weighted by atomic mass is 35.5. The first-order chi connectivity index (χ1) is 15.3. The maximum Gasteiger partial charge on any atom is 0.0616 e. The summed E-state index contributed by atoms with van der Waals surface area (Å²) in [5, 5.41) is 13.6. The van der Waals surface area contributed by atoms with E-state index >= 15 is 0 Å². The number of alkyl halides is 1. The van der Waals surface area contributed by atoms with Crippen LogP contribution in [0.2, 0.25) is 0 Å². The summed E-state index contributed by atoms with van der Waals surface area (Å²) in [5.41, 5.74) is 0.379. The first-order valence-electron chi connectivity index (χ1n) is 13.3. The average molecular weight is 469 g/mol. The maximum atomic E-state index is 9.38. The van der Waals surface area contributed by atoms with Crippen molar-refractivity contribution in [2.45, 2.75) is 90.2 Å². The van der Waals surface area contributed by atoms with Crippen molar-refractivity contribution in [1.82, 2.24) is 10.2 Å². The van der Waals surface area contributed by atoms with Crippen molar-refractivity contribution >= 4 is 11.6 Å². The number of nitrogens with zero attached hydrogens (tertiary/aromatic N) is 1. The summed E-state index contributed by atoms with van der Waals surface area (Å²) in [4.78, 5) is 2.71. The number of nitrogens with one attached hydrogen (secondary N) is 1. The van der Waals surface area contributed by atoms with Crippen molar-refractivity contribution < 1.29 is 9.84 Å². The molecule has 2 aliphatic carbocycles. The molecule has 1 saturated carbocycles. The standard InChI is InChI=1S/C27H49ClN2O2/c1-20(2)26(29-13-15-32-24-7-5-6-21(16-24)18-31)17-30-14-12-25(27(3,4)19-30)22-8-10-23(28)11-9-22/h5-6,20-26,29,31H,7-19H2,1-4H3/t21?,22?,23?,24?,25?,26-/m0/s1. The Kier molecular flexibility index (Phi) is 10.4. The van der Waals surface area contributed by atoms with Crippen LogP contribution in [0, 0.1) is 29.1 Å². The normalized spacial score (nSPS) is 34.7. The third kappa shape index (κ3) is 7.70. The molecule has 4 nitrogen and oxygen atoms in total. The first kappa shape index (κ1) is 26.5. The van der Waals surface area contributed by atoms with Crippen molar-refractivity contribution in [2.75, 3.05) is 39.4 Å². The molecule has 5 heteroatoms. The van der Waals surface area contributed by atoms with Crippen LogP contribution in [0.15, 0.2) is 12.2 Å². The molecule has 3 unspecified atom stereocenters. The van der Waals surface area contributed by atoms with Gasteiger partial charge in [-0.05, 0) is 74.7 Å². The maximum absolute atomic E-state index is 9.38. The summed E-state index contributed by atoms with van der Waals surface area (Å²) in [6.07, 6.45) is 12.9. The molecule has 0 amide bonds. The highest BCUT2D eigenvalue weighted by Gasteiger charge is 2.41. The molecule has 32 heavy (non-hydrogen) atoms. The van der Waals surface area contributed by atoms with Crippen molar-refractivity contribution in [3.05, 3.63) is 12.2 Å². The largest absolute Gasteiger partial charge is 0.396 e. The van der Waals surface area contributed by atoms with Gasteiger partial charge in [0.1, 0.15) is 0 Å². The zero-order valence-electron chi connectivity index (χ0n) is 21.1. The monoisotopic (exact) mass is 468 g/mol. The number of aliphatic hydroxyl groups excluding tert-OH is 1. The van der Waals surface area contributed by atoms with E-state index in [0.29, 0.717) is 22.8 Å². The molecule has 2 fully saturated rings. The second kappa shape index (κ2) is 12.5. The third-order valence-corrected chi connectivity index (χ3v) is 8.83. The van der Waals surface area contributed by atoms with Gasteiger partial charge in [-0.3, -0.25) is 0 Å². The summed E-state index contributed by atoms with van der Waals surface area (Å²) >= 11 is 6.37. The van der Waals surface area contributed by atoms with Gasteiger partial charge in [-0.25, -0.2) is 0 Å². The number of piperidine rings is 1. The molecular weight excluding hydrogens is 420 g/mol. The van der Waals surface area contributed by atoms with Crippen molar-refractivity contribution in [1.29, 1.82) is 0 Å². The van der Waals surface area contributed by atoms with Gasteiger partial charge in [0.25, 0.3) is 0 Å². The minimum absolute atomic E-state index is 0.227. The highest BCUT2D eigenvalue weighted by molar-refractivity contribution is 6.20. The lowest BCUT2D eigenvalue weighted by Crippen LogP contribution is -2.53. The number of likely N-dealkylation sites (tertiary alicyclic amines) is 1. The van der Waals surface area contributed by atoms with Crippen LogP contribution in [0.1, 0.15) is 72.6 Å². The van der Waals surface area contributed by atoms with Gasteiger partial charge in [0.2, 0.25) is 0 Å². The minimum atomic E-state index is 0.227. The lowest BCUT2D eigenvalue weighted by atomic mass is 9.64. The molecular formula is C27H49ClN2O2. The van der Waals surface area contributed by atoms with Crippen molar-refractivity contribution in [3.8, 4) is 0 Å². The number of rotatable bonds is 10. The Labute approximate surface area is 202 Å². The summed E-state index contributed by atoms with van der Waals surface area (Å²) in [5.74, 6) is 2.58. The summed E-state index contributed by atoms with van der Waals surface area (Å²) in [6.45, 7) is 15.1. The van der Waals surface area contributed by atoms with Crippen molar-refractivity contribution in [2.24, 2.45) is 29.1 Å². The molecule has 0 radical (unpaired) electrons. The Morgan fingerprint density at radius 3 is 2.59 bits per heavy atom. The molecule has 3 rings (SSSR count). The van der Waals surface area contributed by atoms with E-state index in [1.165, 1.54) is 45.2 Å². The number of halogens is 1. The van der Waals surface area contributed by atoms with E-state index in [1.54, 1.807) is 0 Å². The van der Waals surface area contributed by atoms with Crippen LogP contribution in [-0.2, 0) is 4.74 Å². The van der Waals surface area contributed by atoms with E-state index in [-0.39, 0.29) is 18.6 Å². The molecule has 0 aromatic carbocycles. The molecule has 0 bridgehead atoms. The Balaban J connectivity index is 1.41. The van der Waals surface area contributed by atoms with Crippen LogP contribution in [0.3, 0.4) is 0 Å². The smallest absolute Gasteiger partial charge is 0.0616 e. The van der Waals surface area contributed by atoms with Crippen molar-refractivity contribution in [3.63, 3.8) is 0 Å². The molecule has 4 atom stereocenters. The number of aliphatic hydroxyl groups is 1. The van der Waals surface area contributed by atoms with Crippen LogP contribution in [0.25, 0.3) is 0 Å². The predicted octanol–water partition coefficient (Wildman–Crippen LogP) is 5.09. The molecule has 1 aliphatic heterocycles. The molecule has 2 N–H and O–H groups in total. The van der Waals surface area contributed by atoms with Gasteiger partial charge in [-0.15, -0.1) is 11.6 Å². The van der Waals surface area contributed by atoms with Crippen LogP contribution in [0.4, 0.5) is 0 Å². The zero-order chi connectivity index (χ0) is 23.1. The summed E-state index contributed by atoms with van der Waals surface area (Å²) in [6, 6.07) is 0.495. The number of hydrogen-bond donors (Lipinski definition) is 2. The average Bonchev–Trinajstić information content (AvgIpc) is 2.76. The molecule has 0 spiro atoms. The third-order valence-electron chi connectivity index (χ3n) is 8.39. The predicted molar refractivity (Wildman–Crippen MR) is 135 cm³/mol. The quantitative estimate of drug-likeness (QED) is 0.266. The van der Waals surface area contributed by atoms with E-state index in [4.69, 9.17) is 16.3 Å². The molecule has 0 aromatic rings. The fourth-order valence-electron chi connectivity index (χ4n) is 6.46. The highest BCUT2D eigenvalue weighted by Crippen LogP contribution is 2.45. The van der Waals surface area contributed by atoms with Crippen LogP contribution in [-0.4, -0.2) is 66.9 Å². The Morgan fingerprint density at radius 1 is 1.19 bits per heavy atom. The summed E-state index contributed by atoms with van der Waals surface area (Å²) in [7, 11) is 0. The number of ether oxygens (including phenoxy) is 1. The molecule has 1 heterocycles. The van der Waals surface area contributed by atoms with E-state index in [9.17, 15) is 5.11 Å². The molecule has 0 aromatic heterocycles. The van der Waals surface area contributed by atoms with Gasteiger partial charge in [0, 0.05) is 43.6 Å². The Bertz CT molecular complexity index is 574. The zero-order valence-corrected chi connectivity index (χ0v) is 21.8. The van der Waals surface area contributed by atoms with Crippen LogP contribution < -0.4 is 5.32 Å². The van der Waals surface area contributed by atoms with E-state index in [1.807, 2.05) is 0 Å². The van der Waals surface area contributed by atoms with Gasteiger partial charge < -0.3 is 20.1 Å². The topological polar surface area (TPSA) is 44.7 Å². The summed E-state index contributed by atoms with van der Waals surface area (Å²) < 4.78 is 6.11. The Morgan fingerprint density at radius 2 is 1.94 bits per heavy atom. The van der Waals surface area contributed by atoms with Gasteiger partial charge >= 0.3 is 0 Å². The van der Waals surface area contributed by atoms with Gasteiger partial charge in [0.05, 0.1) is 12.7 Å². The lowest BCUT2D eigenvalue weighted by Gasteiger charge is -2.49. The fourth-order valence-corrected chi connectivity index (χ4v) is 6.71. The molecule has 3 aliphatic rings. The van der Waals surface area contributed by atoms with E-state index in [2.05, 4.69) is 50.1 Å². The number of hydrogen-bond acceptors (Lipinski definition) is 4. The van der Waals surface area contributed by atoms with E-state index in [0.717, 1.165) is 44.4 Å².